The Balaban J connectivity index is 2.34. The molecule has 1 aromatic heterocycles. The first-order valence-electron chi connectivity index (χ1n) is 5.61. The SMILES string of the molecule is O=C(NC(CO)C(=O)O)c1cccc2cccnc12. The number of aromatic nitrogens is 1. The van der Waals surface area contributed by atoms with E-state index in [1.165, 1.54) is 0 Å². The number of amides is 1. The number of carboxylic acids is 1. The lowest BCUT2D eigenvalue weighted by Gasteiger charge is -2.12. The molecule has 0 aliphatic heterocycles. The van der Waals surface area contributed by atoms with Crippen molar-refractivity contribution in [3.63, 3.8) is 0 Å². The molecule has 3 N–H and O–H groups in total. The number of aliphatic carboxylic acids is 1. The van der Waals surface area contributed by atoms with Gasteiger partial charge in [-0.05, 0) is 12.1 Å². The van der Waals surface area contributed by atoms with E-state index in [0.717, 1.165) is 5.39 Å². The first kappa shape index (κ1) is 13.0. The first-order chi connectivity index (χ1) is 9.13. The van der Waals surface area contributed by atoms with Crippen LogP contribution in [0.15, 0.2) is 36.5 Å². The summed E-state index contributed by atoms with van der Waals surface area (Å²) in [7, 11) is 0. The number of carbonyl (C=O) groups excluding carboxylic acids is 1. The van der Waals surface area contributed by atoms with Crippen LogP contribution < -0.4 is 5.32 Å². The lowest BCUT2D eigenvalue weighted by Crippen LogP contribution is -2.43. The number of aliphatic hydroxyl groups is 1. The van der Waals surface area contributed by atoms with Gasteiger partial charge in [-0.3, -0.25) is 9.78 Å². The summed E-state index contributed by atoms with van der Waals surface area (Å²) in [6, 6.07) is 7.28. The summed E-state index contributed by atoms with van der Waals surface area (Å²) in [5.74, 6) is -1.87. The summed E-state index contributed by atoms with van der Waals surface area (Å²) in [5, 5.41) is 20.7. The fraction of sp³-hybridized carbons (Fsp3) is 0.154. The number of aliphatic hydroxyl groups excluding tert-OH is 1. The second kappa shape index (κ2) is 5.45. The minimum absolute atomic E-state index is 0.276. The van der Waals surface area contributed by atoms with Gasteiger partial charge < -0.3 is 15.5 Å². The molecule has 1 heterocycles. The fourth-order valence-electron chi connectivity index (χ4n) is 1.71. The van der Waals surface area contributed by atoms with Crippen LogP contribution in [0.25, 0.3) is 10.9 Å². The highest BCUT2D eigenvalue weighted by Crippen LogP contribution is 2.15. The zero-order valence-electron chi connectivity index (χ0n) is 9.91. The molecule has 1 unspecified atom stereocenters. The van der Waals surface area contributed by atoms with Crippen LogP contribution in [0.4, 0.5) is 0 Å². The Morgan fingerprint density at radius 3 is 2.68 bits per heavy atom. The van der Waals surface area contributed by atoms with Gasteiger partial charge in [0.05, 0.1) is 17.7 Å². The third kappa shape index (κ3) is 2.69. The molecule has 0 fully saturated rings. The molecule has 0 radical (unpaired) electrons. The van der Waals surface area contributed by atoms with E-state index in [1.54, 1.807) is 36.5 Å². The number of rotatable bonds is 4. The van der Waals surface area contributed by atoms with Crippen LogP contribution in [-0.4, -0.2) is 39.7 Å². The van der Waals surface area contributed by atoms with Crippen molar-refractivity contribution in [2.45, 2.75) is 6.04 Å². The van der Waals surface area contributed by atoms with Gasteiger partial charge in [-0.25, -0.2) is 4.79 Å². The molecule has 0 spiro atoms. The molecule has 2 rings (SSSR count). The number of benzene rings is 1. The second-order valence-corrected chi connectivity index (χ2v) is 3.93. The van der Waals surface area contributed by atoms with Crippen molar-refractivity contribution in [1.29, 1.82) is 0 Å². The zero-order chi connectivity index (χ0) is 13.8. The normalized spacial score (nSPS) is 12.1. The van der Waals surface area contributed by atoms with Gasteiger partial charge in [-0.15, -0.1) is 0 Å². The van der Waals surface area contributed by atoms with Gasteiger partial charge in [0, 0.05) is 11.6 Å². The first-order valence-corrected chi connectivity index (χ1v) is 5.61. The highest BCUT2D eigenvalue weighted by atomic mass is 16.4. The number of nitrogens with one attached hydrogen (secondary N) is 1. The summed E-state index contributed by atoms with van der Waals surface area (Å²) in [6.07, 6.45) is 1.56. The Kier molecular flexibility index (Phi) is 3.72. The topological polar surface area (TPSA) is 99.5 Å². The van der Waals surface area contributed by atoms with E-state index in [0.29, 0.717) is 5.52 Å². The second-order valence-electron chi connectivity index (χ2n) is 3.93. The Morgan fingerprint density at radius 1 is 1.26 bits per heavy atom. The van der Waals surface area contributed by atoms with E-state index >= 15 is 0 Å². The maximum atomic E-state index is 12.0. The molecule has 0 aliphatic carbocycles. The number of nitrogens with zero attached hydrogens (tertiary/aromatic N) is 1. The summed E-state index contributed by atoms with van der Waals surface area (Å²) in [5.41, 5.74) is 0.766. The van der Waals surface area contributed by atoms with Crippen LogP contribution in [0.1, 0.15) is 10.4 Å². The molecule has 0 saturated carbocycles. The van der Waals surface area contributed by atoms with Crippen LogP contribution in [-0.2, 0) is 4.79 Å². The number of hydrogen-bond acceptors (Lipinski definition) is 4. The monoisotopic (exact) mass is 260 g/mol. The van der Waals surface area contributed by atoms with Crippen molar-refractivity contribution in [3.8, 4) is 0 Å². The van der Waals surface area contributed by atoms with Gasteiger partial charge in [0.25, 0.3) is 5.91 Å². The molecule has 2 aromatic rings. The predicted octanol–water partition coefficient (Wildman–Crippen LogP) is 0.410. The molecule has 1 aromatic carbocycles. The number of hydrogen-bond donors (Lipinski definition) is 3. The summed E-state index contributed by atoms with van der Waals surface area (Å²) in [4.78, 5) is 26.9. The quantitative estimate of drug-likeness (QED) is 0.739. The molecular formula is C13H12N2O4. The fourth-order valence-corrected chi connectivity index (χ4v) is 1.71. The molecular weight excluding hydrogens is 248 g/mol. The van der Waals surface area contributed by atoms with Crippen molar-refractivity contribution in [1.82, 2.24) is 10.3 Å². The smallest absolute Gasteiger partial charge is 0.328 e. The van der Waals surface area contributed by atoms with Crippen LogP contribution in [0.2, 0.25) is 0 Å². The van der Waals surface area contributed by atoms with Crippen LogP contribution in [0.3, 0.4) is 0 Å². The van der Waals surface area contributed by atoms with Gasteiger partial charge in [-0.2, -0.15) is 0 Å². The Bertz CT molecular complexity index is 622. The summed E-state index contributed by atoms with van der Waals surface area (Å²) in [6.45, 7) is -0.667. The summed E-state index contributed by atoms with van der Waals surface area (Å²) < 4.78 is 0. The molecule has 0 aliphatic rings. The van der Waals surface area contributed by atoms with Gasteiger partial charge in [0.15, 0.2) is 6.04 Å². The zero-order valence-corrected chi connectivity index (χ0v) is 9.91. The van der Waals surface area contributed by atoms with E-state index < -0.39 is 24.5 Å². The van der Waals surface area contributed by atoms with E-state index in [-0.39, 0.29) is 5.56 Å². The molecule has 0 saturated heterocycles. The van der Waals surface area contributed by atoms with Crippen molar-refractivity contribution in [2.24, 2.45) is 0 Å². The van der Waals surface area contributed by atoms with Crippen LogP contribution >= 0.6 is 0 Å². The van der Waals surface area contributed by atoms with Crippen LogP contribution in [0.5, 0.6) is 0 Å². The van der Waals surface area contributed by atoms with Gasteiger partial charge in [0.1, 0.15) is 0 Å². The number of fused-ring (bicyclic) bond motifs is 1. The molecule has 1 amide bonds. The minimum atomic E-state index is -1.33. The van der Waals surface area contributed by atoms with E-state index in [9.17, 15) is 9.59 Å². The van der Waals surface area contributed by atoms with Gasteiger partial charge in [-0.1, -0.05) is 18.2 Å². The van der Waals surface area contributed by atoms with E-state index in [2.05, 4.69) is 10.3 Å². The Morgan fingerprint density at radius 2 is 2.00 bits per heavy atom. The molecule has 6 nitrogen and oxygen atoms in total. The van der Waals surface area contributed by atoms with Crippen molar-refractivity contribution in [3.05, 3.63) is 42.1 Å². The predicted molar refractivity (Wildman–Crippen MR) is 67.7 cm³/mol. The Hall–Kier alpha value is -2.47. The third-order valence-electron chi connectivity index (χ3n) is 2.66. The number of carboxylic acid groups (broad SMARTS) is 1. The Labute approximate surface area is 108 Å². The standard InChI is InChI=1S/C13H12N2O4/c16-7-10(13(18)19)15-12(17)9-5-1-3-8-4-2-6-14-11(8)9/h1-6,10,16H,7H2,(H,15,17)(H,18,19). The molecule has 6 heteroatoms. The lowest BCUT2D eigenvalue weighted by atomic mass is 10.1. The maximum Gasteiger partial charge on any atom is 0.328 e. The third-order valence-corrected chi connectivity index (χ3v) is 2.66. The number of pyridine rings is 1. The summed E-state index contributed by atoms with van der Waals surface area (Å²) >= 11 is 0. The van der Waals surface area contributed by atoms with E-state index in [4.69, 9.17) is 10.2 Å². The molecule has 0 bridgehead atoms. The average Bonchev–Trinajstić information content (AvgIpc) is 2.43. The largest absolute Gasteiger partial charge is 0.480 e. The van der Waals surface area contributed by atoms with Crippen molar-refractivity contribution in [2.75, 3.05) is 6.61 Å². The molecule has 98 valence electrons. The van der Waals surface area contributed by atoms with E-state index in [1.807, 2.05) is 0 Å². The van der Waals surface area contributed by atoms with Crippen molar-refractivity contribution < 1.29 is 19.8 Å². The minimum Gasteiger partial charge on any atom is -0.480 e. The van der Waals surface area contributed by atoms with Crippen LogP contribution in [0, 0.1) is 0 Å². The van der Waals surface area contributed by atoms with Gasteiger partial charge in [0.2, 0.25) is 0 Å². The average molecular weight is 260 g/mol. The molecule has 19 heavy (non-hydrogen) atoms. The maximum absolute atomic E-state index is 12.0. The highest BCUT2D eigenvalue weighted by molar-refractivity contribution is 6.06. The van der Waals surface area contributed by atoms with Crippen molar-refractivity contribution >= 4 is 22.8 Å². The highest BCUT2D eigenvalue weighted by Gasteiger charge is 2.20. The number of carbonyl (C=O) groups is 2. The number of para-hydroxylation sites is 1. The molecule has 1 atom stereocenters. The lowest BCUT2D eigenvalue weighted by molar-refractivity contribution is -0.140. The van der Waals surface area contributed by atoms with Gasteiger partial charge >= 0.3 is 5.97 Å².